The van der Waals surface area contributed by atoms with E-state index >= 15 is 0 Å². The lowest BCUT2D eigenvalue weighted by atomic mass is 10.2. The monoisotopic (exact) mass is 280 g/mol. The standard InChI is InChI=1S/C14H20N2O4/c1-4-7-15-13(17)9-14(18)16-11-8-10(19-2)5-6-12(11)20-3/h5-6,8H,4,7,9H2,1-3H3,(H,15,17)(H,16,18). The van der Waals surface area contributed by atoms with Crippen LogP contribution in [0.5, 0.6) is 11.5 Å². The topological polar surface area (TPSA) is 76.7 Å². The van der Waals surface area contributed by atoms with E-state index in [1.54, 1.807) is 18.2 Å². The lowest BCUT2D eigenvalue weighted by molar-refractivity contribution is -0.126. The Kier molecular flexibility index (Phi) is 6.36. The number of hydrogen-bond donors (Lipinski definition) is 2. The van der Waals surface area contributed by atoms with E-state index < -0.39 is 5.91 Å². The minimum absolute atomic E-state index is 0.222. The number of nitrogens with one attached hydrogen (secondary N) is 2. The van der Waals surface area contributed by atoms with Crippen molar-refractivity contribution in [2.24, 2.45) is 0 Å². The Balaban J connectivity index is 2.67. The number of carbonyl (C=O) groups is 2. The minimum atomic E-state index is -0.398. The van der Waals surface area contributed by atoms with Crippen LogP contribution in [-0.2, 0) is 9.59 Å². The average molecular weight is 280 g/mol. The molecule has 0 unspecified atom stereocenters. The lowest BCUT2D eigenvalue weighted by Crippen LogP contribution is -2.28. The molecule has 6 nitrogen and oxygen atoms in total. The Bertz CT molecular complexity index is 474. The third-order valence-corrected chi connectivity index (χ3v) is 2.57. The van der Waals surface area contributed by atoms with Crippen molar-refractivity contribution in [3.63, 3.8) is 0 Å². The largest absolute Gasteiger partial charge is 0.497 e. The molecule has 0 aromatic heterocycles. The fourth-order valence-electron chi connectivity index (χ4n) is 1.58. The van der Waals surface area contributed by atoms with Gasteiger partial charge < -0.3 is 20.1 Å². The van der Waals surface area contributed by atoms with Crippen LogP contribution in [0.2, 0.25) is 0 Å². The second-order valence-electron chi connectivity index (χ2n) is 4.14. The van der Waals surface area contributed by atoms with Crippen molar-refractivity contribution in [3.05, 3.63) is 18.2 Å². The van der Waals surface area contributed by atoms with E-state index in [1.807, 2.05) is 6.92 Å². The van der Waals surface area contributed by atoms with Gasteiger partial charge >= 0.3 is 0 Å². The molecule has 1 aromatic rings. The molecule has 0 spiro atoms. The Morgan fingerprint density at radius 2 is 1.90 bits per heavy atom. The lowest BCUT2D eigenvalue weighted by Gasteiger charge is -2.11. The molecule has 110 valence electrons. The van der Waals surface area contributed by atoms with Crippen molar-refractivity contribution in [2.45, 2.75) is 19.8 Å². The van der Waals surface area contributed by atoms with Crippen LogP contribution < -0.4 is 20.1 Å². The minimum Gasteiger partial charge on any atom is -0.497 e. The maximum atomic E-state index is 11.8. The van der Waals surface area contributed by atoms with Crippen molar-refractivity contribution in [1.29, 1.82) is 0 Å². The molecule has 0 heterocycles. The summed E-state index contributed by atoms with van der Waals surface area (Å²) in [5.41, 5.74) is 0.472. The number of hydrogen-bond acceptors (Lipinski definition) is 4. The molecule has 20 heavy (non-hydrogen) atoms. The smallest absolute Gasteiger partial charge is 0.233 e. The van der Waals surface area contributed by atoms with Gasteiger partial charge in [-0.05, 0) is 18.6 Å². The van der Waals surface area contributed by atoms with Gasteiger partial charge in [0, 0.05) is 12.6 Å². The van der Waals surface area contributed by atoms with Crippen molar-refractivity contribution >= 4 is 17.5 Å². The summed E-state index contributed by atoms with van der Waals surface area (Å²) < 4.78 is 10.2. The summed E-state index contributed by atoms with van der Waals surface area (Å²) in [4.78, 5) is 23.2. The molecule has 2 N–H and O–H groups in total. The molecule has 1 rings (SSSR count). The van der Waals surface area contributed by atoms with E-state index in [0.29, 0.717) is 23.7 Å². The molecule has 0 bridgehead atoms. The van der Waals surface area contributed by atoms with Gasteiger partial charge in [0.25, 0.3) is 0 Å². The van der Waals surface area contributed by atoms with Crippen LogP contribution >= 0.6 is 0 Å². The van der Waals surface area contributed by atoms with Crippen molar-refractivity contribution < 1.29 is 19.1 Å². The Labute approximate surface area is 118 Å². The van der Waals surface area contributed by atoms with Gasteiger partial charge in [-0.25, -0.2) is 0 Å². The number of amides is 2. The van der Waals surface area contributed by atoms with E-state index in [4.69, 9.17) is 9.47 Å². The predicted molar refractivity (Wildman–Crippen MR) is 76.1 cm³/mol. The Morgan fingerprint density at radius 3 is 2.50 bits per heavy atom. The summed E-state index contributed by atoms with van der Waals surface area (Å²) in [5.74, 6) is 0.404. The highest BCUT2D eigenvalue weighted by atomic mass is 16.5. The van der Waals surface area contributed by atoms with Gasteiger partial charge in [0.15, 0.2) is 0 Å². The van der Waals surface area contributed by atoms with Crippen LogP contribution in [0, 0.1) is 0 Å². The first-order valence-corrected chi connectivity index (χ1v) is 6.39. The number of carbonyl (C=O) groups excluding carboxylic acids is 2. The van der Waals surface area contributed by atoms with Gasteiger partial charge in [-0.3, -0.25) is 9.59 Å². The summed E-state index contributed by atoms with van der Waals surface area (Å²) >= 11 is 0. The summed E-state index contributed by atoms with van der Waals surface area (Å²) in [5, 5.41) is 5.28. The van der Waals surface area contributed by atoms with Crippen LogP contribution in [0.25, 0.3) is 0 Å². The molecule has 0 aliphatic carbocycles. The van der Waals surface area contributed by atoms with Gasteiger partial charge in [-0.15, -0.1) is 0 Å². The molecular weight excluding hydrogens is 260 g/mol. The highest BCUT2D eigenvalue weighted by molar-refractivity contribution is 6.04. The van der Waals surface area contributed by atoms with Crippen LogP contribution in [0.15, 0.2) is 18.2 Å². The number of ether oxygens (including phenoxy) is 2. The number of anilines is 1. The van der Waals surface area contributed by atoms with Gasteiger partial charge in [0.2, 0.25) is 11.8 Å². The SMILES string of the molecule is CCCNC(=O)CC(=O)Nc1cc(OC)ccc1OC. The quantitative estimate of drug-likeness (QED) is 0.743. The zero-order valence-corrected chi connectivity index (χ0v) is 12.0. The number of methoxy groups -OCH3 is 2. The van der Waals surface area contributed by atoms with E-state index in [1.165, 1.54) is 14.2 Å². The number of rotatable bonds is 7. The van der Waals surface area contributed by atoms with Gasteiger partial charge in [0.05, 0.1) is 19.9 Å². The molecule has 2 amide bonds. The zero-order chi connectivity index (χ0) is 15.0. The highest BCUT2D eigenvalue weighted by Crippen LogP contribution is 2.28. The van der Waals surface area contributed by atoms with E-state index in [0.717, 1.165) is 6.42 Å². The van der Waals surface area contributed by atoms with Crippen LogP contribution in [0.4, 0.5) is 5.69 Å². The first-order valence-electron chi connectivity index (χ1n) is 6.39. The second kappa shape index (κ2) is 8.04. The molecule has 0 radical (unpaired) electrons. The fraction of sp³-hybridized carbons (Fsp3) is 0.429. The van der Waals surface area contributed by atoms with E-state index in [9.17, 15) is 9.59 Å². The van der Waals surface area contributed by atoms with Crippen LogP contribution in [0.3, 0.4) is 0 Å². The molecule has 0 saturated carbocycles. The molecule has 0 fully saturated rings. The molecule has 0 atom stereocenters. The van der Waals surface area contributed by atoms with Crippen LogP contribution in [-0.4, -0.2) is 32.6 Å². The maximum absolute atomic E-state index is 11.8. The van der Waals surface area contributed by atoms with Crippen molar-refractivity contribution in [1.82, 2.24) is 5.32 Å². The third-order valence-electron chi connectivity index (χ3n) is 2.57. The predicted octanol–water partition coefficient (Wildman–Crippen LogP) is 1.56. The van der Waals surface area contributed by atoms with E-state index in [-0.39, 0.29) is 12.3 Å². The maximum Gasteiger partial charge on any atom is 0.233 e. The molecule has 0 saturated heterocycles. The molecule has 6 heteroatoms. The van der Waals surface area contributed by atoms with Gasteiger partial charge in [-0.2, -0.15) is 0 Å². The molecule has 0 aliphatic heterocycles. The first kappa shape index (κ1) is 15.8. The fourth-order valence-corrected chi connectivity index (χ4v) is 1.58. The van der Waals surface area contributed by atoms with Crippen molar-refractivity contribution in [2.75, 3.05) is 26.1 Å². The van der Waals surface area contributed by atoms with Gasteiger partial charge in [0.1, 0.15) is 17.9 Å². The summed E-state index contributed by atoms with van der Waals surface area (Å²) in [6, 6.07) is 5.05. The average Bonchev–Trinajstić information content (AvgIpc) is 2.44. The Morgan fingerprint density at radius 1 is 1.15 bits per heavy atom. The second-order valence-corrected chi connectivity index (χ2v) is 4.14. The normalized spacial score (nSPS) is 9.75. The third kappa shape index (κ3) is 4.79. The molecule has 1 aromatic carbocycles. The highest BCUT2D eigenvalue weighted by Gasteiger charge is 2.12. The summed E-state index contributed by atoms with van der Waals surface area (Å²) in [6.07, 6.45) is 0.609. The zero-order valence-electron chi connectivity index (χ0n) is 12.0. The first-order chi connectivity index (χ1) is 9.60. The summed E-state index contributed by atoms with van der Waals surface area (Å²) in [7, 11) is 3.04. The van der Waals surface area contributed by atoms with Gasteiger partial charge in [-0.1, -0.05) is 6.92 Å². The molecule has 0 aliphatic rings. The number of benzene rings is 1. The van der Waals surface area contributed by atoms with E-state index in [2.05, 4.69) is 10.6 Å². The molecular formula is C14H20N2O4. The summed E-state index contributed by atoms with van der Waals surface area (Å²) in [6.45, 7) is 2.51. The Hall–Kier alpha value is -2.24. The van der Waals surface area contributed by atoms with Crippen molar-refractivity contribution in [3.8, 4) is 11.5 Å². The van der Waals surface area contributed by atoms with Crippen LogP contribution in [0.1, 0.15) is 19.8 Å².